The quantitative estimate of drug-likeness (QED) is 0.825. The summed E-state index contributed by atoms with van der Waals surface area (Å²) in [4.78, 5) is 12.0. The molecule has 0 aromatic heterocycles. The lowest BCUT2D eigenvalue weighted by atomic mass is 10.1. The molecule has 1 saturated heterocycles. The van der Waals surface area contributed by atoms with Crippen LogP contribution < -0.4 is 5.32 Å². The van der Waals surface area contributed by atoms with Gasteiger partial charge in [-0.2, -0.15) is 0 Å². The molecule has 1 fully saturated rings. The van der Waals surface area contributed by atoms with Crippen LogP contribution in [0.25, 0.3) is 0 Å². The molecule has 0 aliphatic carbocycles. The lowest BCUT2D eigenvalue weighted by molar-refractivity contribution is 0.0696. The van der Waals surface area contributed by atoms with Gasteiger partial charge in [0.2, 0.25) is 0 Å². The number of aryl methyl sites for hydroxylation is 1. The highest BCUT2D eigenvalue weighted by Gasteiger charge is 2.17. The van der Waals surface area contributed by atoms with E-state index in [1.165, 1.54) is 0 Å². The second-order valence-corrected chi connectivity index (χ2v) is 4.18. The molecular formula is C13H17NO2. The van der Waals surface area contributed by atoms with Crippen LogP contribution in [0.3, 0.4) is 0 Å². The van der Waals surface area contributed by atoms with Gasteiger partial charge in [-0.05, 0) is 31.4 Å². The zero-order valence-corrected chi connectivity index (χ0v) is 9.53. The molecule has 1 aromatic rings. The number of ether oxygens (including phenoxy) is 1. The van der Waals surface area contributed by atoms with Crippen molar-refractivity contribution in [2.45, 2.75) is 25.8 Å². The van der Waals surface area contributed by atoms with Crippen molar-refractivity contribution in [3.63, 3.8) is 0 Å². The molecule has 0 saturated carbocycles. The minimum atomic E-state index is 0.0324. The van der Waals surface area contributed by atoms with Crippen LogP contribution in [0.4, 0.5) is 0 Å². The Labute approximate surface area is 95.8 Å². The Bertz CT molecular complexity index is 370. The molecule has 3 heteroatoms. The third-order valence-electron chi connectivity index (χ3n) is 2.95. The van der Waals surface area contributed by atoms with E-state index >= 15 is 0 Å². The summed E-state index contributed by atoms with van der Waals surface area (Å²) < 4.78 is 5.26. The van der Waals surface area contributed by atoms with Gasteiger partial charge in [-0.3, -0.25) is 4.79 Å². The number of carbonyl (C=O) groups is 1. The van der Waals surface area contributed by atoms with E-state index in [-0.39, 0.29) is 11.9 Å². The van der Waals surface area contributed by atoms with Crippen molar-refractivity contribution in [2.24, 2.45) is 0 Å². The van der Waals surface area contributed by atoms with Gasteiger partial charge >= 0.3 is 0 Å². The molecule has 16 heavy (non-hydrogen) atoms. The van der Waals surface area contributed by atoms with Gasteiger partial charge in [-0.15, -0.1) is 0 Å². The highest BCUT2D eigenvalue weighted by Crippen LogP contribution is 2.10. The van der Waals surface area contributed by atoms with Crippen molar-refractivity contribution in [3.05, 3.63) is 35.4 Å². The maximum Gasteiger partial charge on any atom is 0.251 e. The van der Waals surface area contributed by atoms with Crippen molar-refractivity contribution in [1.29, 1.82) is 0 Å². The second-order valence-electron chi connectivity index (χ2n) is 4.18. The average Bonchev–Trinajstić information content (AvgIpc) is 2.31. The van der Waals surface area contributed by atoms with Crippen molar-refractivity contribution in [3.8, 4) is 0 Å². The summed E-state index contributed by atoms with van der Waals surface area (Å²) >= 11 is 0. The van der Waals surface area contributed by atoms with Crippen LogP contribution in [-0.2, 0) is 4.74 Å². The predicted octanol–water partition coefficient (Wildman–Crippen LogP) is 1.90. The Morgan fingerprint density at radius 1 is 1.31 bits per heavy atom. The third-order valence-corrected chi connectivity index (χ3v) is 2.95. The highest BCUT2D eigenvalue weighted by atomic mass is 16.5. The third kappa shape index (κ3) is 2.61. The minimum Gasteiger partial charge on any atom is -0.381 e. The van der Waals surface area contributed by atoms with Gasteiger partial charge in [-0.1, -0.05) is 18.2 Å². The second kappa shape index (κ2) is 5.12. The zero-order chi connectivity index (χ0) is 11.4. The molecule has 2 rings (SSSR count). The number of hydrogen-bond donors (Lipinski definition) is 1. The largest absolute Gasteiger partial charge is 0.381 e. The van der Waals surface area contributed by atoms with E-state index in [0.717, 1.165) is 37.2 Å². The van der Waals surface area contributed by atoms with Crippen molar-refractivity contribution in [2.75, 3.05) is 13.2 Å². The Kier molecular flexibility index (Phi) is 3.57. The fourth-order valence-electron chi connectivity index (χ4n) is 1.93. The summed E-state index contributed by atoms with van der Waals surface area (Å²) in [7, 11) is 0. The molecule has 1 N–H and O–H groups in total. The first kappa shape index (κ1) is 11.1. The number of benzene rings is 1. The molecule has 1 aliphatic heterocycles. The standard InChI is InChI=1S/C13H17NO2/c1-10-4-2-3-5-12(10)13(15)14-11-6-8-16-9-7-11/h2-5,11H,6-9H2,1H3,(H,14,15). The average molecular weight is 219 g/mol. The maximum atomic E-state index is 12.0. The molecule has 3 nitrogen and oxygen atoms in total. The molecule has 0 radical (unpaired) electrons. The minimum absolute atomic E-state index is 0.0324. The van der Waals surface area contributed by atoms with E-state index in [2.05, 4.69) is 5.32 Å². The van der Waals surface area contributed by atoms with E-state index in [1.54, 1.807) is 0 Å². The summed E-state index contributed by atoms with van der Waals surface area (Å²) in [6.45, 7) is 3.45. The molecule has 1 aromatic carbocycles. The van der Waals surface area contributed by atoms with Crippen molar-refractivity contribution in [1.82, 2.24) is 5.32 Å². The number of amides is 1. The summed E-state index contributed by atoms with van der Waals surface area (Å²) in [6, 6.07) is 7.93. The Morgan fingerprint density at radius 2 is 2.00 bits per heavy atom. The van der Waals surface area contributed by atoms with Crippen molar-refractivity contribution >= 4 is 5.91 Å². The molecular weight excluding hydrogens is 202 g/mol. The van der Waals surface area contributed by atoms with Crippen LogP contribution in [0.5, 0.6) is 0 Å². The molecule has 1 heterocycles. The van der Waals surface area contributed by atoms with Crippen LogP contribution in [0.15, 0.2) is 24.3 Å². The van der Waals surface area contributed by atoms with E-state index in [4.69, 9.17) is 4.74 Å². The Hall–Kier alpha value is -1.35. The summed E-state index contributed by atoms with van der Waals surface area (Å²) in [5.74, 6) is 0.0324. The van der Waals surface area contributed by atoms with Crippen LogP contribution in [-0.4, -0.2) is 25.2 Å². The van der Waals surface area contributed by atoms with E-state index < -0.39 is 0 Å². The summed E-state index contributed by atoms with van der Waals surface area (Å²) in [5.41, 5.74) is 1.79. The lowest BCUT2D eigenvalue weighted by Crippen LogP contribution is -2.39. The van der Waals surface area contributed by atoms with E-state index in [1.807, 2.05) is 31.2 Å². The highest BCUT2D eigenvalue weighted by molar-refractivity contribution is 5.95. The van der Waals surface area contributed by atoms with Gasteiger partial charge in [0.05, 0.1) is 0 Å². The first-order chi connectivity index (χ1) is 7.77. The van der Waals surface area contributed by atoms with Gasteiger partial charge in [0.15, 0.2) is 0 Å². The van der Waals surface area contributed by atoms with Crippen LogP contribution in [0.2, 0.25) is 0 Å². The number of nitrogens with one attached hydrogen (secondary N) is 1. The zero-order valence-electron chi connectivity index (χ0n) is 9.53. The van der Waals surface area contributed by atoms with Crippen LogP contribution >= 0.6 is 0 Å². The first-order valence-electron chi connectivity index (χ1n) is 5.71. The fraction of sp³-hybridized carbons (Fsp3) is 0.462. The predicted molar refractivity (Wildman–Crippen MR) is 62.5 cm³/mol. The lowest BCUT2D eigenvalue weighted by Gasteiger charge is -2.23. The topological polar surface area (TPSA) is 38.3 Å². The molecule has 0 unspecified atom stereocenters. The molecule has 1 amide bonds. The molecule has 1 aliphatic rings. The van der Waals surface area contributed by atoms with Gasteiger partial charge in [0.25, 0.3) is 5.91 Å². The number of carbonyl (C=O) groups excluding carboxylic acids is 1. The molecule has 0 atom stereocenters. The molecule has 86 valence electrons. The van der Waals surface area contributed by atoms with Gasteiger partial charge in [-0.25, -0.2) is 0 Å². The monoisotopic (exact) mass is 219 g/mol. The van der Waals surface area contributed by atoms with Crippen molar-refractivity contribution < 1.29 is 9.53 Å². The Morgan fingerprint density at radius 3 is 2.69 bits per heavy atom. The fourth-order valence-corrected chi connectivity index (χ4v) is 1.93. The normalized spacial score (nSPS) is 17.1. The Balaban J connectivity index is 2.00. The van der Waals surface area contributed by atoms with Crippen LogP contribution in [0, 0.1) is 6.92 Å². The summed E-state index contributed by atoms with van der Waals surface area (Å²) in [5, 5.41) is 3.06. The maximum absolute atomic E-state index is 12.0. The molecule has 0 bridgehead atoms. The molecule has 0 spiro atoms. The SMILES string of the molecule is Cc1ccccc1C(=O)NC1CCOCC1. The van der Waals surface area contributed by atoms with Gasteiger partial charge in [0, 0.05) is 24.8 Å². The smallest absolute Gasteiger partial charge is 0.251 e. The number of rotatable bonds is 2. The van der Waals surface area contributed by atoms with Gasteiger partial charge < -0.3 is 10.1 Å². The summed E-state index contributed by atoms with van der Waals surface area (Å²) in [6.07, 6.45) is 1.83. The first-order valence-corrected chi connectivity index (χ1v) is 5.71. The van der Waals surface area contributed by atoms with E-state index in [9.17, 15) is 4.79 Å². The van der Waals surface area contributed by atoms with Gasteiger partial charge in [0.1, 0.15) is 0 Å². The van der Waals surface area contributed by atoms with Crippen LogP contribution in [0.1, 0.15) is 28.8 Å². The van der Waals surface area contributed by atoms with E-state index in [0.29, 0.717) is 0 Å². The number of hydrogen-bond acceptors (Lipinski definition) is 2.